The molecule has 6 rings (SSSR count). The molecule has 6 nitrogen and oxygen atoms in total. The van der Waals surface area contributed by atoms with E-state index in [2.05, 4.69) is 15.3 Å². The Labute approximate surface area is 168 Å². The normalized spacial score (nSPS) is 27.9. The summed E-state index contributed by atoms with van der Waals surface area (Å²) >= 11 is 1.48. The van der Waals surface area contributed by atoms with Crippen LogP contribution in [0.15, 0.2) is 17.5 Å². The van der Waals surface area contributed by atoms with Crippen LogP contribution in [-0.2, 0) is 0 Å². The number of aryl methyl sites for hydroxylation is 2. The average Bonchev–Trinajstić information content (AvgIpc) is 3.25. The molecule has 2 bridgehead atoms. The maximum atomic E-state index is 13.1. The van der Waals surface area contributed by atoms with Crippen molar-refractivity contribution in [3.8, 4) is 0 Å². The van der Waals surface area contributed by atoms with E-state index >= 15 is 0 Å². The molecule has 0 radical (unpaired) electrons. The summed E-state index contributed by atoms with van der Waals surface area (Å²) in [5, 5.41) is 5.85. The number of carbonyl (C=O) groups is 2. The molecular formula is C21H24N4O2S. The number of hydrogen-bond donors (Lipinski definition) is 1. The molecule has 1 N–H and O–H groups in total. The van der Waals surface area contributed by atoms with Crippen molar-refractivity contribution in [1.82, 2.24) is 20.2 Å². The van der Waals surface area contributed by atoms with Gasteiger partial charge in [0.25, 0.3) is 11.8 Å². The smallest absolute Gasteiger partial charge is 0.271 e. The standard InChI is InChI=1S/C21H24N4O2S/c1-12-5-6-15(13(2)22-12)20(27)25-7-3-4-17(25)19-23-16(11-28-19)18(26)24-21-8-14(9-21)10-21/h5-6,11,14,17H,3-4,7-10H2,1-2H3,(H,24,26)/t14?,17-,21?/m0/s1. The second kappa shape index (κ2) is 6.37. The Kier molecular flexibility index (Phi) is 4.05. The monoisotopic (exact) mass is 396 g/mol. The van der Waals surface area contributed by atoms with E-state index in [-0.39, 0.29) is 23.4 Å². The van der Waals surface area contributed by atoms with Crippen molar-refractivity contribution in [2.24, 2.45) is 5.92 Å². The molecule has 7 heteroatoms. The first-order valence-corrected chi connectivity index (χ1v) is 10.9. The fraction of sp³-hybridized carbons (Fsp3) is 0.524. The van der Waals surface area contributed by atoms with Gasteiger partial charge >= 0.3 is 0 Å². The van der Waals surface area contributed by atoms with Crippen molar-refractivity contribution in [3.63, 3.8) is 0 Å². The molecule has 0 aromatic carbocycles. The molecule has 3 saturated carbocycles. The molecule has 2 aromatic rings. The molecular weight excluding hydrogens is 372 g/mol. The number of likely N-dealkylation sites (tertiary alicyclic amines) is 1. The van der Waals surface area contributed by atoms with Gasteiger partial charge in [-0.15, -0.1) is 11.3 Å². The second-order valence-electron chi connectivity index (χ2n) is 8.53. The number of rotatable bonds is 4. The first-order valence-electron chi connectivity index (χ1n) is 9.97. The summed E-state index contributed by atoms with van der Waals surface area (Å²) < 4.78 is 0. The van der Waals surface area contributed by atoms with Crippen molar-refractivity contribution in [2.45, 2.75) is 57.5 Å². The molecule has 4 fully saturated rings. The maximum absolute atomic E-state index is 13.1. The number of pyridine rings is 1. The van der Waals surface area contributed by atoms with Crippen LogP contribution in [0.25, 0.3) is 0 Å². The van der Waals surface area contributed by atoms with Crippen LogP contribution in [0.3, 0.4) is 0 Å². The first kappa shape index (κ1) is 17.8. The summed E-state index contributed by atoms with van der Waals surface area (Å²) in [5.41, 5.74) is 2.85. The minimum atomic E-state index is -0.0740. The Bertz CT molecular complexity index is 952. The summed E-state index contributed by atoms with van der Waals surface area (Å²) in [6, 6.07) is 3.68. The number of thiazole rings is 1. The van der Waals surface area contributed by atoms with Crippen LogP contribution in [0.4, 0.5) is 0 Å². The zero-order chi connectivity index (χ0) is 19.5. The first-order chi connectivity index (χ1) is 13.4. The van der Waals surface area contributed by atoms with Gasteiger partial charge in [-0.3, -0.25) is 14.6 Å². The largest absolute Gasteiger partial charge is 0.345 e. The van der Waals surface area contributed by atoms with Crippen molar-refractivity contribution >= 4 is 23.2 Å². The number of carbonyl (C=O) groups excluding carboxylic acids is 2. The van der Waals surface area contributed by atoms with Crippen LogP contribution in [0.1, 0.15) is 75.4 Å². The summed E-state index contributed by atoms with van der Waals surface area (Å²) in [6.07, 6.45) is 5.17. The van der Waals surface area contributed by atoms with Crippen LogP contribution in [0.2, 0.25) is 0 Å². The molecule has 2 aromatic heterocycles. The third kappa shape index (κ3) is 2.83. The summed E-state index contributed by atoms with van der Waals surface area (Å²) in [5.74, 6) is 0.752. The van der Waals surface area contributed by atoms with Crippen LogP contribution < -0.4 is 5.32 Å². The van der Waals surface area contributed by atoms with Crippen LogP contribution in [0.5, 0.6) is 0 Å². The summed E-state index contributed by atoms with van der Waals surface area (Å²) in [7, 11) is 0. The molecule has 1 atom stereocenters. The summed E-state index contributed by atoms with van der Waals surface area (Å²) in [4.78, 5) is 36.6. The third-order valence-corrected chi connectivity index (χ3v) is 7.37. The fourth-order valence-corrected chi connectivity index (χ4v) is 5.76. The third-order valence-electron chi connectivity index (χ3n) is 6.43. The number of hydrogen-bond acceptors (Lipinski definition) is 5. The van der Waals surface area contributed by atoms with Gasteiger partial charge in [0.15, 0.2) is 0 Å². The minimum absolute atomic E-state index is 0.00238. The number of aromatic nitrogens is 2. The van der Waals surface area contributed by atoms with Crippen molar-refractivity contribution < 1.29 is 9.59 Å². The number of nitrogens with zero attached hydrogens (tertiary/aromatic N) is 3. The van der Waals surface area contributed by atoms with E-state index in [1.54, 1.807) is 0 Å². The van der Waals surface area contributed by atoms with Gasteiger partial charge < -0.3 is 10.2 Å². The highest BCUT2D eigenvalue weighted by atomic mass is 32.1. The SMILES string of the molecule is Cc1ccc(C(=O)N2CCC[C@H]2c2nc(C(=O)NC34CC(C3)C4)cs2)c(C)n1. The Balaban J connectivity index is 1.33. The highest BCUT2D eigenvalue weighted by Crippen LogP contribution is 2.57. The van der Waals surface area contributed by atoms with Crippen LogP contribution in [0, 0.1) is 19.8 Å². The Hall–Kier alpha value is -2.28. The lowest BCUT2D eigenvalue weighted by atomic mass is 9.50. The van der Waals surface area contributed by atoms with Crippen molar-refractivity contribution in [3.05, 3.63) is 45.2 Å². The van der Waals surface area contributed by atoms with Gasteiger partial charge in [0.05, 0.1) is 17.3 Å². The predicted molar refractivity (Wildman–Crippen MR) is 106 cm³/mol. The molecule has 0 spiro atoms. The Morgan fingerprint density at radius 1 is 1.21 bits per heavy atom. The highest BCUT2D eigenvalue weighted by molar-refractivity contribution is 7.09. The van der Waals surface area contributed by atoms with Gasteiger partial charge in [0, 0.05) is 23.2 Å². The minimum Gasteiger partial charge on any atom is -0.345 e. The van der Waals surface area contributed by atoms with E-state index in [4.69, 9.17) is 0 Å². The Morgan fingerprint density at radius 3 is 2.68 bits per heavy atom. The van der Waals surface area contributed by atoms with Gasteiger partial charge in [-0.2, -0.15) is 0 Å². The zero-order valence-electron chi connectivity index (χ0n) is 16.2. The van der Waals surface area contributed by atoms with Crippen molar-refractivity contribution in [1.29, 1.82) is 0 Å². The lowest BCUT2D eigenvalue weighted by Crippen LogP contribution is -2.68. The number of amides is 2. The van der Waals surface area contributed by atoms with E-state index in [1.165, 1.54) is 11.3 Å². The average molecular weight is 397 g/mol. The van der Waals surface area contributed by atoms with E-state index in [9.17, 15) is 9.59 Å². The topological polar surface area (TPSA) is 75.2 Å². The second-order valence-corrected chi connectivity index (χ2v) is 9.42. The van der Waals surface area contributed by atoms with Crippen LogP contribution >= 0.6 is 11.3 Å². The number of nitrogens with one attached hydrogen (secondary N) is 1. The van der Waals surface area contributed by atoms with Gasteiger partial charge in [-0.1, -0.05) is 0 Å². The lowest BCUT2D eigenvalue weighted by molar-refractivity contribution is -0.0439. The molecule has 3 aliphatic carbocycles. The fourth-order valence-electron chi connectivity index (χ4n) is 4.82. The van der Waals surface area contributed by atoms with Crippen LogP contribution in [-0.4, -0.2) is 38.8 Å². The Morgan fingerprint density at radius 2 is 2.00 bits per heavy atom. The van der Waals surface area contributed by atoms with Gasteiger partial charge in [0.1, 0.15) is 10.7 Å². The highest BCUT2D eigenvalue weighted by Gasteiger charge is 2.57. The quantitative estimate of drug-likeness (QED) is 0.859. The lowest BCUT2D eigenvalue weighted by Gasteiger charge is -2.61. The molecule has 2 amide bonds. The molecule has 0 unspecified atom stereocenters. The molecule has 28 heavy (non-hydrogen) atoms. The molecule has 146 valence electrons. The predicted octanol–water partition coefficient (Wildman–Crippen LogP) is 3.41. The van der Waals surface area contributed by atoms with E-state index < -0.39 is 0 Å². The van der Waals surface area contributed by atoms with Gasteiger partial charge in [0.2, 0.25) is 0 Å². The molecule has 1 saturated heterocycles. The molecule has 1 aliphatic heterocycles. The molecule has 3 heterocycles. The van der Waals surface area contributed by atoms with Gasteiger partial charge in [-0.25, -0.2) is 4.98 Å². The van der Waals surface area contributed by atoms with E-state index in [0.29, 0.717) is 17.8 Å². The van der Waals surface area contributed by atoms with Gasteiger partial charge in [-0.05, 0) is 64.0 Å². The molecule has 4 aliphatic rings. The van der Waals surface area contributed by atoms with E-state index in [0.717, 1.165) is 54.4 Å². The maximum Gasteiger partial charge on any atom is 0.271 e. The summed E-state index contributed by atoms with van der Waals surface area (Å²) in [6.45, 7) is 4.51. The zero-order valence-corrected chi connectivity index (χ0v) is 17.0. The van der Waals surface area contributed by atoms with Crippen molar-refractivity contribution in [2.75, 3.05) is 6.54 Å². The van der Waals surface area contributed by atoms with E-state index in [1.807, 2.05) is 36.3 Å².